The Hall–Kier alpha value is -3.29. The maximum absolute atomic E-state index is 12.9. The van der Waals surface area contributed by atoms with Crippen LogP contribution < -0.4 is 10.1 Å². The molecule has 5 rings (SSSR count). The van der Waals surface area contributed by atoms with Crippen LogP contribution in [0.1, 0.15) is 17.5 Å². The molecule has 1 aliphatic carbocycles. The fourth-order valence-electron chi connectivity index (χ4n) is 4.93. The zero-order valence-electron chi connectivity index (χ0n) is 19.6. The second-order valence-corrected chi connectivity index (χ2v) is 9.47. The van der Waals surface area contributed by atoms with Crippen LogP contribution in [-0.4, -0.2) is 61.2 Å². The highest BCUT2D eigenvalue weighted by atomic mass is 35.5. The Morgan fingerprint density at radius 1 is 1.20 bits per heavy atom. The number of halogens is 1. The smallest absolute Gasteiger partial charge is 0.344 e. The third-order valence-electron chi connectivity index (χ3n) is 6.66. The van der Waals surface area contributed by atoms with E-state index in [1.807, 2.05) is 0 Å². The first kappa shape index (κ1) is 23.5. The summed E-state index contributed by atoms with van der Waals surface area (Å²) < 4.78 is 10.6. The Bertz CT molecular complexity index is 1270. The van der Waals surface area contributed by atoms with E-state index in [1.165, 1.54) is 22.1 Å². The molecule has 2 aliphatic rings. The van der Waals surface area contributed by atoms with Crippen molar-refractivity contribution in [2.75, 3.05) is 33.4 Å². The van der Waals surface area contributed by atoms with E-state index in [-0.39, 0.29) is 31.1 Å². The molecule has 0 spiro atoms. The average Bonchev–Trinajstić information content (AvgIpc) is 3.28. The van der Waals surface area contributed by atoms with Gasteiger partial charge in [-0.25, -0.2) is 4.79 Å². The van der Waals surface area contributed by atoms with E-state index >= 15 is 0 Å². The first-order valence-electron chi connectivity index (χ1n) is 11.8. The number of carbonyl (C=O) groups is 2. The third kappa shape index (κ3) is 5.06. The zero-order valence-corrected chi connectivity index (χ0v) is 20.3. The van der Waals surface area contributed by atoms with Crippen molar-refractivity contribution >= 4 is 40.0 Å². The van der Waals surface area contributed by atoms with E-state index in [2.05, 4.69) is 52.7 Å². The topological polar surface area (TPSA) is 83.7 Å². The quantitative estimate of drug-likeness (QED) is 0.368. The summed E-state index contributed by atoms with van der Waals surface area (Å²) in [5.74, 6) is -0.134. The van der Waals surface area contributed by atoms with Gasteiger partial charge in [-0.2, -0.15) is 0 Å². The Morgan fingerprint density at radius 3 is 2.86 bits per heavy atom. The van der Waals surface area contributed by atoms with E-state index < -0.39 is 5.97 Å². The molecule has 0 saturated carbocycles. The van der Waals surface area contributed by atoms with Crippen molar-refractivity contribution in [2.45, 2.75) is 18.9 Å². The van der Waals surface area contributed by atoms with Crippen molar-refractivity contribution in [3.63, 3.8) is 0 Å². The summed E-state index contributed by atoms with van der Waals surface area (Å²) in [5, 5.41) is 4.86. The summed E-state index contributed by atoms with van der Waals surface area (Å²) in [6.07, 6.45) is 5.72. The molecule has 0 radical (unpaired) electrons. The number of hydrogen-bond acceptors (Lipinski definition) is 5. The number of nitrogens with zero attached hydrogens (tertiary/aromatic N) is 1. The van der Waals surface area contributed by atoms with Gasteiger partial charge in [0.25, 0.3) is 0 Å². The van der Waals surface area contributed by atoms with Gasteiger partial charge in [-0.05, 0) is 66.9 Å². The first-order valence-corrected chi connectivity index (χ1v) is 12.2. The zero-order chi connectivity index (χ0) is 24.4. The lowest BCUT2D eigenvalue weighted by Crippen LogP contribution is -2.46. The van der Waals surface area contributed by atoms with Crippen LogP contribution in [0.15, 0.2) is 54.7 Å². The van der Waals surface area contributed by atoms with Crippen LogP contribution in [0, 0.1) is 5.92 Å². The highest BCUT2D eigenvalue weighted by Crippen LogP contribution is 2.40. The molecule has 2 aromatic carbocycles. The van der Waals surface area contributed by atoms with Crippen molar-refractivity contribution < 1.29 is 19.1 Å². The molecule has 1 aliphatic heterocycles. The molecule has 1 aromatic heterocycles. The third-order valence-corrected chi connectivity index (χ3v) is 6.91. The molecular formula is C27H28ClN3O4. The van der Waals surface area contributed by atoms with Crippen molar-refractivity contribution in [1.29, 1.82) is 0 Å². The second kappa shape index (κ2) is 10.1. The largest absolute Gasteiger partial charge is 0.482 e. The van der Waals surface area contributed by atoms with E-state index in [4.69, 9.17) is 21.1 Å². The van der Waals surface area contributed by atoms with Crippen molar-refractivity contribution in [2.24, 2.45) is 5.92 Å². The monoisotopic (exact) mass is 493 g/mol. The fourth-order valence-corrected chi connectivity index (χ4v) is 5.06. The maximum atomic E-state index is 12.9. The highest BCUT2D eigenvalue weighted by Gasteiger charge is 2.35. The number of carbonyl (C=O) groups excluding carboxylic acids is 2. The summed E-state index contributed by atoms with van der Waals surface area (Å²) in [6.45, 7) is 1.16. The second-order valence-electron chi connectivity index (χ2n) is 9.04. The Morgan fingerprint density at radius 2 is 2.03 bits per heavy atom. The van der Waals surface area contributed by atoms with Gasteiger partial charge in [0.1, 0.15) is 5.75 Å². The van der Waals surface area contributed by atoms with Crippen LogP contribution in [0.2, 0.25) is 5.02 Å². The van der Waals surface area contributed by atoms with E-state index in [0.29, 0.717) is 30.3 Å². The number of esters is 1. The molecule has 35 heavy (non-hydrogen) atoms. The standard InChI is InChI=1S/C27H28ClN3O4/c1-31-15-18(12-22-21-4-2-5-23-26(21)17(14-30-23)13-24(22)31)27(33)29-10-3-11-34-25(32)16-35-20-8-6-19(28)7-9-20/h2,4-9,12,14,18,24,30H,3,10-11,13,15-16H2,1H3,(H,29,33)/t18-,24-/m1/s1. The van der Waals surface area contributed by atoms with Gasteiger partial charge in [-0.3, -0.25) is 9.69 Å². The van der Waals surface area contributed by atoms with Gasteiger partial charge >= 0.3 is 5.97 Å². The van der Waals surface area contributed by atoms with E-state index in [1.54, 1.807) is 24.3 Å². The molecule has 0 saturated heterocycles. The molecule has 2 N–H and O–H groups in total. The minimum Gasteiger partial charge on any atom is -0.482 e. The number of rotatable bonds is 8. The molecule has 8 heteroatoms. The fraction of sp³-hybridized carbons (Fsp3) is 0.333. The number of amides is 1. The Balaban J connectivity index is 1.10. The number of aromatic amines is 1. The minimum atomic E-state index is -0.452. The van der Waals surface area contributed by atoms with Crippen LogP contribution in [-0.2, 0) is 20.7 Å². The predicted molar refractivity (Wildman–Crippen MR) is 135 cm³/mol. The lowest BCUT2D eigenvalue weighted by molar-refractivity contribution is -0.146. The number of nitrogens with one attached hydrogen (secondary N) is 2. The van der Waals surface area contributed by atoms with Crippen molar-refractivity contribution in [3.05, 3.63) is 70.9 Å². The molecular weight excluding hydrogens is 466 g/mol. The number of aromatic nitrogens is 1. The molecule has 0 bridgehead atoms. The van der Waals surface area contributed by atoms with Gasteiger partial charge in [-0.15, -0.1) is 0 Å². The van der Waals surface area contributed by atoms with Gasteiger partial charge < -0.3 is 19.8 Å². The van der Waals surface area contributed by atoms with Gasteiger partial charge in [0.2, 0.25) is 5.91 Å². The summed E-state index contributed by atoms with van der Waals surface area (Å²) in [4.78, 5) is 30.4. The predicted octanol–water partition coefficient (Wildman–Crippen LogP) is 3.82. The lowest BCUT2D eigenvalue weighted by atomic mass is 9.80. The van der Waals surface area contributed by atoms with Gasteiger partial charge in [0.15, 0.2) is 6.61 Å². The van der Waals surface area contributed by atoms with Gasteiger partial charge in [-0.1, -0.05) is 29.8 Å². The number of H-pyrrole nitrogens is 1. The van der Waals surface area contributed by atoms with E-state index in [0.717, 1.165) is 11.9 Å². The lowest BCUT2D eigenvalue weighted by Gasteiger charge is -2.39. The molecule has 2 heterocycles. The molecule has 2 atom stereocenters. The van der Waals surface area contributed by atoms with Crippen molar-refractivity contribution in [1.82, 2.24) is 15.2 Å². The minimum absolute atomic E-state index is 0.00719. The number of ether oxygens (including phenoxy) is 2. The maximum Gasteiger partial charge on any atom is 0.344 e. The van der Waals surface area contributed by atoms with Crippen LogP contribution in [0.3, 0.4) is 0 Å². The van der Waals surface area contributed by atoms with Gasteiger partial charge in [0.05, 0.1) is 12.5 Å². The molecule has 0 unspecified atom stereocenters. The van der Waals surface area contributed by atoms with Gasteiger partial charge in [0, 0.05) is 41.3 Å². The van der Waals surface area contributed by atoms with Crippen LogP contribution in [0.4, 0.5) is 0 Å². The molecule has 182 valence electrons. The number of hydrogen-bond donors (Lipinski definition) is 2. The molecule has 0 fully saturated rings. The van der Waals surface area contributed by atoms with Crippen LogP contribution in [0.25, 0.3) is 16.5 Å². The Labute approximate surface area is 209 Å². The number of benzene rings is 2. The highest BCUT2D eigenvalue weighted by molar-refractivity contribution is 6.30. The van der Waals surface area contributed by atoms with Crippen LogP contribution >= 0.6 is 11.6 Å². The van der Waals surface area contributed by atoms with Crippen molar-refractivity contribution in [3.8, 4) is 5.75 Å². The summed E-state index contributed by atoms with van der Waals surface area (Å²) >= 11 is 5.83. The average molecular weight is 494 g/mol. The van der Waals surface area contributed by atoms with Crippen LogP contribution in [0.5, 0.6) is 5.75 Å². The molecule has 1 amide bonds. The Kier molecular flexibility index (Phi) is 6.79. The number of fused-ring (bicyclic) bond motifs is 2. The molecule has 7 nitrogen and oxygen atoms in total. The summed E-state index contributed by atoms with van der Waals surface area (Å²) in [7, 11) is 2.08. The SMILES string of the molecule is CN1C[C@H](C(=O)NCCCOC(=O)COc2ccc(Cl)cc2)C=C2c3cccc4[nH]cc(c34)C[C@H]21. The first-order chi connectivity index (χ1) is 17.0. The summed E-state index contributed by atoms with van der Waals surface area (Å²) in [5.41, 5.74) is 4.91. The normalized spacial score (nSPS) is 19.1. The van der Waals surface area contributed by atoms with E-state index in [9.17, 15) is 9.59 Å². The number of likely N-dealkylation sites (N-methyl/N-ethyl adjacent to an activating group) is 1. The summed E-state index contributed by atoms with van der Waals surface area (Å²) in [6, 6.07) is 13.4. The molecule has 3 aromatic rings.